The maximum atomic E-state index is 13.5. The minimum Gasteiger partial charge on any atom is -0.374 e. The van der Waals surface area contributed by atoms with Gasteiger partial charge >= 0.3 is 0 Å². The molecular weight excluding hydrogens is 253 g/mol. The third-order valence-electron chi connectivity index (χ3n) is 3.58. The Labute approximate surface area is 120 Å². The van der Waals surface area contributed by atoms with Crippen molar-refractivity contribution in [2.24, 2.45) is 5.73 Å². The average Bonchev–Trinajstić information content (AvgIpc) is 2.71. The highest BCUT2D eigenvalue weighted by molar-refractivity contribution is 5.37. The van der Waals surface area contributed by atoms with E-state index in [1.807, 2.05) is 6.07 Å². The molecule has 0 bridgehead atoms. The van der Waals surface area contributed by atoms with Crippen LogP contribution >= 0.6 is 0 Å². The minimum atomic E-state index is -0.270. The number of rotatable bonds is 3. The zero-order valence-corrected chi connectivity index (χ0v) is 11.8. The van der Waals surface area contributed by atoms with E-state index in [1.54, 1.807) is 0 Å². The normalized spacial score (nSPS) is 16.3. The summed E-state index contributed by atoms with van der Waals surface area (Å²) >= 11 is 0. The van der Waals surface area contributed by atoms with Crippen LogP contribution in [0.5, 0.6) is 0 Å². The molecule has 1 fully saturated rings. The second kappa shape index (κ2) is 8.04. The molecule has 2 rings (SSSR count). The molecule has 0 unspecified atom stereocenters. The molecule has 1 aromatic rings. The molecule has 1 aliphatic carbocycles. The van der Waals surface area contributed by atoms with Crippen molar-refractivity contribution in [1.29, 1.82) is 0 Å². The summed E-state index contributed by atoms with van der Waals surface area (Å²) in [6.45, 7) is 0.740. The van der Waals surface area contributed by atoms with Crippen molar-refractivity contribution >= 4 is 0 Å². The summed E-state index contributed by atoms with van der Waals surface area (Å²) < 4.78 is 19.5. The molecule has 0 heterocycles. The van der Waals surface area contributed by atoms with Crippen LogP contribution < -0.4 is 5.73 Å². The summed E-state index contributed by atoms with van der Waals surface area (Å²) in [6, 6.07) is 4.82. The van der Waals surface area contributed by atoms with E-state index in [2.05, 4.69) is 11.8 Å². The molecule has 2 nitrogen and oxygen atoms in total. The molecule has 0 amide bonds. The van der Waals surface area contributed by atoms with Crippen LogP contribution in [0.1, 0.15) is 49.7 Å². The molecule has 1 saturated carbocycles. The molecular formula is C17H22FNO. The molecule has 2 N–H and O–H groups in total. The zero-order valence-electron chi connectivity index (χ0n) is 11.8. The van der Waals surface area contributed by atoms with Crippen molar-refractivity contribution in [1.82, 2.24) is 0 Å². The first-order valence-electron chi connectivity index (χ1n) is 7.38. The first-order chi connectivity index (χ1) is 9.78. The largest absolute Gasteiger partial charge is 0.374 e. The van der Waals surface area contributed by atoms with E-state index in [0.29, 0.717) is 18.3 Å². The lowest BCUT2D eigenvalue weighted by Crippen LogP contribution is -2.11. The smallest absolute Gasteiger partial charge is 0.124 e. The van der Waals surface area contributed by atoms with E-state index < -0.39 is 0 Å². The number of halogens is 1. The van der Waals surface area contributed by atoms with Crippen molar-refractivity contribution in [2.45, 2.75) is 51.2 Å². The maximum Gasteiger partial charge on any atom is 0.124 e. The third kappa shape index (κ3) is 4.96. The van der Waals surface area contributed by atoms with E-state index in [-0.39, 0.29) is 12.4 Å². The lowest BCUT2D eigenvalue weighted by molar-refractivity contribution is 0.0308. The second-order valence-corrected chi connectivity index (χ2v) is 5.28. The lowest BCUT2D eigenvalue weighted by Gasteiger charge is -2.15. The summed E-state index contributed by atoms with van der Waals surface area (Å²) in [4.78, 5) is 0. The Morgan fingerprint density at radius 1 is 1.15 bits per heavy atom. The Hall–Kier alpha value is -1.37. The predicted molar refractivity (Wildman–Crippen MR) is 78.6 cm³/mol. The Morgan fingerprint density at radius 3 is 2.60 bits per heavy atom. The predicted octanol–water partition coefficient (Wildman–Crippen LogP) is 3.38. The van der Waals surface area contributed by atoms with Crippen LogP contribution in [-0.4, -0.2) is 12.6 Å². The van der Waals surface area contributed by atoms with Gasteiger partial charge in [0, 0.05) is 5.56 Å². The Kier molecular flexibility index (Phi) is 6.04. The number of nitrogens with two attached hydrogens (primary N) is 1. The van der Waals surface area contributed by atoms with Crippen LogP contribution in [0.3, 0.4) is 0 Å². The molecule has 0 atom stereocenters. The Balaban J connectivity index is 1.96. The second-order valence-electron chi connectivity index (χ2n) is 5.28. The molecule has 0 aliphatic heterocycles. The highest BCUT2D eigenvalue weighted by Gasteiger charge is 2.12. The van der Waals surface area contributed by atoms with Crippen molar-refractivity contribution in [2.75, 3.05) is 6.54 Å². The van der Waals surface area contributed by atoms with Crippen molar-refractivity contribution in [3.05, 3.63) is 35.1 Å². The topological polar surface area (TPSA) is 35.2 Å². The van der Waals surface area contributed by atoms with Gasteiger partial charge < -0.3 is 10.5 Å². The SMILES string of the molecule is NCC#Cc1cc(F)cc(COC2CCCCCC2)c1. The zero-order chi connectivity index (χ0) is 14.2. The minimum absolute atomic E-state index is 0.270. The van der Waals surface area contributed by atoms with Crippen LogP contribution in [0, 0.1) is 17.7 Å². The van der Waals surface area contributed by atoms with Gasteiger partial charge in [-0.15, -0.1) is 0 Å². The third-order valence-corrected chi connectivity index (χ3v) is 3.58. The molecule has 0 spiro atoms. The van der Waals surface area contributed by atoms with Gasteiger partial charge in [-0.3, -0.25) is 0 Å². The molecule has 1 aromatic carbocycles. The number of ether oxygens (including phenoxy) is 1. The van der Waals surface area contributed by atoms with Gasteiger partial charge in [-0.05, 0) is 36.6 Å². The van der Waals surface area contributed by atoms with Crippen molar-refractivity contribution in [3.63, 3.8) is 0 Å². The summed E-state index contributed by atoms with van der Waals surface area (Å²) in [6.07, 6.45) is 7.64. The fourth-order valence-corrected chi connectivity index (χ4v) is 2.58. The number of hydrogen-bond acceptors (Lipinski definition) is 2. The van der Waals surface area contributed by atoms with E-state index in [0.717, 1.165) is 18.4 Å². The summed E-state index contributed by atoms with van der Waals surface area (Å²) in [5, 5.41) is 0. The fourth-order valence-electron chi connectivity index (χ4n) is 2.58. The van der Waals surface area contributed by atoms with Crippen molar-refractivity contribution < 1.29 is 9.13 Å². The average molecular weight is 275 g/mol. The molecule has 3 heteroatoms. The van der Waals surface area contributed by atoms with Crippen LogP contribution in [-0.2, 0) is 11.3 Å². The highest BCUT2D eigenvalue weighted by Crippen LogP contribution is 2.21. The summed E-state index contributed by atoms with van der Waals surface area (Å²) in [7, 11) is 0. The molecule has 0 saturated heterocycles. The van der Waals surface area contributed by atoms with Gasteiger partial charge in [-0.2, -0.15) is 0 Å². The highest BCUT2D eigenvalue weighted by atomic mass is 19.1. The fraction of sp³-hybridized carbons (Fsp3) is 0.529. The van der Waals surface area contributed by atoms with Crippen LogP contribution in [0.25, 0.3) is 0 Å². The van der Waals surface area contributed by atoms with Crippen molar-refractivity contribution in [3.8, 4) is 11.8 Å². The monoisotopic (exact) mass is 275 g/mol. The van der Waals surface area contributed by atoms with Crippen LogP contribution in [0.2, 0.25) is 0 Å². The summed E-state index contributed by atoms with van der Waals surface area (Å²) in [5.74, 6) is 5.34. The van der Waals surface area contributed by atoms with E-state index in [1.165, 1.54) is 37.8 Å². The standard InChI is InChI=1S/C17H22FNO/c18-16-11-14(6-5-9-19)10-15(12-16)13-20-17-7-3-1-2-4-8-17/h10-12,17H,1-4,7-9,13,19H2. The lowest BCUT2D eigenvalue weighted by atomic mass is 10.1. The van der Waals surface area contributed by atoms with Gasteiger partial charge in [0.2, 0.25) is 0 Å². The van der Waals surface area contributed by atoms with Crippen LogP contribution in [0.4, 0.5) is 4.39 Å². The van der Waals surface area contributed by atoms with E-state index in [9.17, 15) is 4.39 Å². The maximum absolute atomic E-state index is 13.5. The molecule has 0 radical (unpaired) electrons. The number of hydrogen-bond donors (Lipinski definition) is 1. The van der Waals surface area contributed by atoms with Gasteiger partial charge in [-0.1, -0.05) is 37.5 Å². The Morgan fingerprint density at radius 2 is 1.90 bits per heavy atom. The first kappa shape index (κ1) is 15.0. The van der Waals surface area contributed by atoms with Gasteiger partial charge in [0.25, 0.3) is 0 Å². The molecule has 1 aliphatic rings. The quantitative estimate of drug-likeness (QED) is 0.678. The molecule has 0 aromatic heterocycles. The van der Waals surface area contributed by atoms with Gasteiger partial charge in [-0.25, -0.2) is 4.39 Å². The van der Waals surface area contributed by atoms with Gasteiger partial charge in [0.05, 0.1) is 19.3 Å². The Bertz CT molecular complexity index is 481. The molecule has 20 heavy (non-hydrogen) atoms. The van der Waals surface area contributed by atoms with E-state index >= 15 is 0 Å². The number of benzene rings is 1. The van der Waals surface area contributed by atoms with Crippen LogP contribution in [0.15, 0.2) is 18.2 Å². The first-order valence-corrected chi connectivity index (χ1v) is 7.38. The van der Waals surface area contributed by atoms with E-state index in [4.69, 9.17) is 10.5 Å². The van der Waals surface area contributed by atoms with Gasteiger partial charge in [0.1, 0.15) is 5.82 Å². The van der Waals surface area contributed by atoms with Gasteiger partial charge in [0.15, 0.2) is 0 Å². The molecule has 108 valence electrons. The summed E-state index contributed by atoms with van der Waals surface area (Å²) in [5.41, 5.74) is 6.84.